The molecule has 0 saturated heterocycles. The van der Waals surface area contributed by atoms with Gasteiger partial charge >= 0.3 is 0 Å². The van der Waals surface area contributed by atoms with Crippen molar-refractivity contribution in [3.05, 3.63) is 63.6 Å². The predicted molar refractivity (Wildman–Crippen MR) is 100 cm³/mol. The molecule has 6 heteroatoms. The van der Waals surface area contributed by atoms with Crippen LogP contribution in [-0.2, 0) is 0 Å². The maximum Gasteiger partial charge on any atom is 0.0992 e. The predicted octanol–water partition coefficient (Wildman–Crippen LogP) is 4.99. The normalized spacial score (nSPS) is 24.2. The molecular weight excluding hydrogens is 378 g/mol. The largest absolute Gasteiger partial charge is 0.378 e. The number of halogens is 1. The Morgan fingerprint density at radius 3 is 2.96 bits per heavy atom. The molecule has 2 aromatic rings. The number of benzene rings is 2. The fourth-order valence-corrected chi connectivity index (χ4v) is 4.06. The second-order valence-corrected chi connectivity index (χ2v) is 7.42. The summed E-state index contributed by atoms with van der Waals surface area (Å²) in [7, 11) is 0. The SMILES string of the molecule is CC1N=NN2CCC(Nc3cccc(C#N)c3)c3cc(Br)ccc3C12. The van der Waals surface area contributed by atoms with E-state index in [-0.39, 0.29) is 18.1 Å². The first-order chi connectivity index (χ1) is 12.2. The molecule has 3 atom stereocenters. The molecule has 0 saturated carbocycles. The van der Waals surface area contributed by atoms with Gasteiger partial charge in [0, 0.05) is 16.7 Å². The van der Waals surface area contributed by atoms with Crippen molar-refractivity contribution in [1.29, 1.82) is 5.26 Å². The summed E-state index contributed by atoms with van der Waals surface area (Å²) in [6, 6.07) is 16.8. The van der Waals surface area contributed by atoms with Crippen molar-refractivity contribution in [2.75, 3.05) is 11.9 Å². The average molecular weight is 396 g/mol. The van der Waals surface area contributed by atoms with E-state index in [4.69, 9.17) is 5.26 Å². The van der Waals surface area contributed by atoms with E-state index >= 15 is 0 Å². The summed E-state index contributed by atoms with van der Waals surface area (Å²) < 4.78 is 1.07. The molecule has 2 heterocycles. The van der Waals surface area contributed by atoms with Gasteiger partial charge in [0.15, 0.2) is 0 Å². The highest BCUT2D eigenvalue weighted by atomic mass is 79.9. The van der Waals surface area contributed by atoms with E-state index in [1.165, 1.54) is 11.1 Å². The van der Waals surface area contributed by atoms with Crippen molar-refractivity contribution in [3.63, 3.8) is 0 Å². The minimum absolute atomic E-state index is 0.153. The third-order valence-electron chi connectivity index (χ3n) is 4.85. The van der Waals surface area contributed by atoms with Gasteiger partial charge in [0.1, 0.15) is 0 Å². The molecular formula is C19H18BrN5. The molecule has 0 aromatic heterocycles. The van der Waals surface area contributed by atoms with Crippen molar-refractivity contribution >= 4 is 21.6 Å². The molecule has 0 radical (unpaired) electrons. The summed E-state index contributed by atoms with van der Waals surface area (Å²) in [5.74, 6) is 0. The molecule has 2 aromatic carbocycles. The highest BCUT2D eigenvalue weighted by Crippen LogP contribution is 2.41. The molecule has 5 nitrogen and oxygen atoms in total. The van der Waals surface area contributed by atoms with Crippen molar-refractivity contribution in [1.82, 2.24) is 5.01 Å². The Morgan fingerprint density at radius 2 is 2.12 bits per heavy atom. The number of hydrogen-bond acceptors (Lipinski definition) is 5. The van der Waals surface area contributed by atoms with E-state index in [9.17, 15) is 0 Å². The number of nitrogens with zero attached hydrogens (tertiary/aromatic N) is 4. The van der Waals surface area contributed by atoms with E-state index in [1.807, 2.05) is 24.3 Å². The lowest BCUT2D eigenvalue weighted by Crippen LogP contribution is -2.25. The molecule has 25 heavy (non-hydrogen) atoms. The zero-order valence-corrected chi connectivity index (χ0v) is 15.4. The van der Waals surface area contributed by atoms with Crippen LogP contribution in [0.15, 0.2) is 57.3 Å². The highest BCUT2D eigenvalue weighted by molar-refractivity contribution is 9.10. The Morgan fingerprint density at radius 1 is 1.24 bits per heavy atom. The van der Waals surface area contributed by atoms with Gasteiger partial charge in [-0.1, -0.05) is 33.3 Å². The lowest BCUT2D eigenvalue weighted by molar-refractivity contribution is 0.227. The number of nitriles is 1. The lowest BCUT2D eigenvalue weighted by Gasteiger charge is -2.24. The molecule has 2 aliphatic heterocycles. The second-order valence-electron chi connectivity index (χ2n) is 6.50. The highest BCUT2D eigenvalue weighted by Gasteiger charge is 2.36. The Labute approximate surface area is 155 Å². The average Bonchev–Trinajstić information content (AvgIpc) is 2.91. The van der Waals surface area contributed by atoms with Crippen molar-refractivity contribution in [3.8, 4) is 6.07 Å². The third kappa shape index (κ3) is 3.00. The van der Waals surface area contributed by atoms with E-state index < -0.39 is 0 Å². The first-order valence-corrected chi connectivity index (χ1v) is 9.18. The molecule has 1 N–H and O–H groups in total. The molecule has 0 aliphatic carbocycles. The lowest BCUT2D eigenvalue weighted by atomic mass is 9.92. The van der Waals surface area contributed by atoms with Crippen molar-refractivity contribution in [2.45, 2.75) is 31.5 Å². The van der Waals surface area contributed by atoms with Gasteiger partial charge in [-0.2, -0.15) is 10.4 Å². The maximum atomic E-state index is 9.13. The maximum absolute atomic E-state index is 9.13. The van der Waals surface area contributed by atoms with Crippen LogP contribution in [0.25, 0.3) is 0 Å². The summed E-state index contributed by atoms with van der Waals surface area (Å²) in [5.41, 5.74) is 4.17. The summed E-state index contributed by atoms with van der Waals surface area (Å²) in [4.78, 5) is 0. The standard InChI is InChI=1S/C19H18BrN5/c1-12-19-16-6-5-14(20)10-17(16)18(7-8-25(19)24-23-12)22-15-4-2-3-13(9-15)11-21/h2-6,9-10,12,18-19,22H,7-8H2,1H3. The zero-order chi connectivity index (χ0) is 17.4. The van der Waals surface area contributed by atoms with E-state index in [0.717, 1.165) is 23.1 Å². The third-order valence-corrected chi connectivity index (χ3v) is 5.34. The summed E-state index contributed by atoms with van der Waals surface area (Å²) in [6.45, 7) is 2.96. The monoisotopic (exact) mass is 395 g/mol. The Bertz CT molecular complexity index is 872. The van der Waals surface area contributed by atoms with Gasteiger partial charge < -0.3 is 5.32 Å². The van der Waals surface area contributed by atoms with Crippen LogP contribution in [0, 0.1) is 11.3 Å². The molecule has 0 spiro atoms. The van der Waals surface area contributed by atoms with Gasteiger partial charge in [0.05, 0.1) is 29.8 Å². The fourth-order valence-electron chi connectivity index (χ4n) is 3.68. The Balaban J connectivity index is 1.72. The molecule has 0 bridgehead atoms. The minimum atomic E-state index is 0.153. The number of hydrogen-bond donors (Lipinski definition) is 1. The van der Waals surface area contributed by atoms with Crippen LogP contribution in [0.1, 0.15) is 42.1 Å². The number of rotatable bonds is 2. The second kappa shape index (κ2) is 6.49. The molecule has 2 aliphatic rings. The quantitative estimate of drug-likeness (QED) is 0.778. The molecule has 0 fully saturated rings. The smallest absolute Gasteiger partial charge is 0.0992 e. The summed E-state index contributed by atoms with van der Waals surface area (Å²) >= 11 is 3.61. The summed E-state index contributed by atoms with van der Waals surface area (Å²) in [6.07, 6.45) is 0.919. The topological polar surface area (TPSA) is 63.8 Å². The fraction of sp³-hybridized carbons (Fsp3) is 0.316. The minimum Gasteiger partial charge on any atom is -0.378 e. The van der Waals surface area contributed by atoms with Crippen LogP contribution >= 0.6 is 15.9 Å². The molecule has 4 rings (SSSR count). The van der Waals surface area contributed by atoms with Crippen LogP contribution in [0.2, 0.25) is 0 Å². The van der Waals surface area contributed by atoms with Crippen molar-refractivity contribution in [2.24, 2.45) is 10.3 Å². The Hall–Kier alpha value is -2.39. The van der Waals surface area contributed by atoms with Crippen LogP contribution in [0.4, 0.5) is 5.69 Å². The van der Waals surface area contributed by atoms with Gasteiger partial charge in [-0.15, -0.1) is 0 Å². The van der Waals surface area contributed by atoms with Crippen LogP contribution in [0.5, 0.6) is 0 Å². The Kier molecular flexibility index (Phi) is 4.18. The van der Waals surface area contributed by atoms with Crippen LogP contribution in [0.3, 0.4) is 0 Å². The zero-order valence-electron chi connectivity index (χ0n) is 13.9. The molecule has 0 amide bonds. The van der Waals surface area contributed by atoms with E-state index in [1.54, 1.807) is 0 Å². The van der Waals surface area contributed by atoms with Gasteiger partial charge in [-0.25, -0.2) is 0 Å². The number of nitrogens with one attached hydrogen (secondary N) is 1. The van der Waals surface area contributed by atoms with Crippen LogP contribution in [-0.4, -0.2) is 17.6 Å². The first kappa shape index (κ1) is 16.1. The van der Waals surface area contributed by atoms with Gasteiger partial charge in [-0.05, 0) is 54.8 Å². The van der Waals surface area contributed by atoms with Gasteiger partial charge in [-0.3, -0.25) is 5.01 Å². The van der Waals surface area contributed by atoms with E-state index in [2.05, 4.69) is 67.8 Å². The molecule has 126 valence electrons. The summed E-state index contributed by atoms with van der Waals surface area (Å²) in [5, 5.41) is 23.6. The van der Waals surface area contributed by atoms with Crippen molar-refractivity contribution < 1.29 is 0 Å². The molecule has 3 unspecified atom stereocenters. The van der Waals surface area contributed by atoms with Gasteiger partial charge in [0.2, 0.25) is 0 Å². The van der Waals surface area contributed by atoms with E-state index in [0.29, 0.717) is 5.56 Å². The van der Waals surface area contributed by atoms with Crippen LogP contribution < -0.4 is 5.32 Å². The number of anilines is 1. The van der Waals surface area contributed by atoms with Gasteiger partial charge in [0.25, 0.3) is 0 Å². The first-order valence-electron chi connectivity index (χ1n) is 8.39. The number of fused-ring (bicyclic) bond motifs is 3.